The Balaban J connectivity index is 1.51. The number of carbonyl (C=O) groups excluding carboxylic acids is 1. The zero-order valence-electron chi connectivity index (χ0n) is 15.9. The Labute approximate surface area is 165 Å². The van der Waals surface area contributed by atoms with Crippen LogP contribution in [0.4, 0.5) is 11.4 Å². The average Bonchev–Trinajstić information content (AvgIpc) is 3.24. The molecule has 1 aliphatic heterocycles. The van der Waals surface area contributed by atoms with Gasteiger partial charge in [0, 0.05) is 50.6 Å². The summed E-state index contributed by atoms with van der Waals surface area (Å²) >= 11 is 5.55. The van der Waals surface area contributed by atoms with Crippen molar-refractivity contribution >= 4 is 34.6 Å². The van der Waals surface area contributed by atoms with Gasteiger partial charge in [-0.25, -0.2) is 0 Å². The van der Waals surface area contributed by atoms with E-state index in [4.69, 9.17) is 16.6 Å². The molecule has 1 aromatic carbocycles. The fourth-order valence-electron chi connectivity index (χ4n) is 3.22. The SMILES string of the molecule is CCN(CC)c1ccc(NC(=S)N2CCN(C(=O)c3ccco3)CC2)cc1. The molecule has 144 valence electrons. The minimum atomic E-state index is -0.0643. The van der Waals surface area contributed by atoms with Crippen LogP contribution in [0.2, 0.25) is 0 Å². The van der Waals surface area contributed by atoms with Gasteiger partial charge in [-0.15, -0.1) is 0 Å². The van der Waals surface area contributed by atoms with Gasteiger partial charge in [0.05, 0.1) is 6.26 Å². The number of carbonyl (C=O) groups is 1. The predicted molar refractivity (Wildman–Crippen MR) is 112 cm³/mol. The Hall–Kier alpha value is -2.54. The van der Waals surface area contributed by atoms with Gasteiger partial charge in [0.25, 0.3) is 5.91 Å². The van der Waals surface area contributed by atoms with Crippen molar-refractivity contribution < 1.29 is 9.21 Å². The van der Waals surface area contributed by atoms with E-state index in [1.54, 1.807) is 17.0 Å². The van der Waals surface area contributed by atoms with E-state index in [0.717, 1.165) is 18.8 Å². The van der Waals surface area contributed by atoms with Crippen LogP contribution in [0.3, 0.4) is 0 Å². The van der Waals surface area contributed by atoms with E-state index in [-0.39, 0.29) is 5.91 Å². The number of anilines is 2. The highest BCUT2D eigenvalue weighted by atomic mass is 32.1. The van der Waals surface area contributed by atoms with Crippen LogP contribution >= 0.6 is 12.2 Å². The molecule has 1 saturated heterocycles. The smallest absolute Gasteiger partial charge is 0.289 e. The van der Waals surface area contributed by atoms with Gasteiger partial charge in [0.15, 0.2) is 10.9 Å². The summed E-state index contributed by atoms with van der Waals surface area (Å²) in [6.07, 6.45) is 1.52. The van der Waals surface area contributed by atoms with Crippen molar-refractivity contribution in [2.24, 2.45) is 0 Å². The van der Waals surface area contributed by atoms with E-state index >= 15 is 0 Å². The zero-order valence-corrected chi connectivity index (χ0v) is 16.7. The molecular formula is C20H26N4O2S. The number of benzene rings is 1. The van der Waals surface area contributed by atoms with Crippen LogP contribution in [0.1, 0.15) is 24.4 Å². The molecule has 6 nitrogen and oxygen atoms in total. The normalized spacial score (nSPS) is 14.1. The lowest BCUT2D eigenvalue weighted by Gasteiger charge is -2.35. The molecule has 0 saturated carbocycles. The van der Waals surface area contributed by atoms with Crippen LogP contribution in [0.5, 0.6) is 0 Å². The highest BCUT2D eigenvalue weighted by molar-refractivity contribution is 7.80. The Morgan fingerprint density at radius 3 is 2.26 bits per heavy atom. The lowest BCUT2D eigenvalue weighted by atomic mass is 10.2. The number of piperazine rings is 1. The van der Waals surface area contributed by atoms with Gasteiger partial charge >= 0.3 is 0 Å². The number of rotatable bonds is 5. The van der Waals surface area contributed by atoms with E-state index < -0.39 is 0 Å². The lowest BCUT2D eigenvalue weighted by Crippen LogP contribution is -2.51. The molecule has 2 heterocycles. The number of amides is 1. The number of nitrogens with zero attached hydrogens (tertiary/aromatic N) is 3. The van der Waals surface area contributed by atoms with E-state index in [1.165, 1.54) is 12.0 Å². The van der Waals surface area contributed by atoms with Gasteiger partial charge in [-0.3, -0.25) is 4.79 Å². The molecule has 1 N–H and O–H groups in total. The molecule has 1 amide bonds. The molecule has 0 bridgehead atoms. The fourth-order valence-corrected chi connectivity index (χ4v) is 3.52. The maximum Gasteiger partial charge on any atom is 0.289 e. The van der Waals surface area contributed by atoms with Crippen LogP contribution in [0, 0.1) is 0 Å². The van der Waals surface area contributed by atoms with Crippen LogP contribution in [-0.4, -0.2) is 60.1 Å². The molecule has 0 spiro atoms. The third-order valence-electron chi connectivity index (χ3n) is 4.83. The van der Waals surface area contributed by atoms with Crippen molar-refractivity contribution in [2.75, 3.05) is 49.5 Å². The molecule has 0 unspecified atom stereocenters. The van der Waals surface area contributed by atoms with Gasteiger partial charge < -0.3 is 24.4 Å². The molecule has 7 heteroatoms. The second-order valence-electron chi connectivity index (χ2n) is 6.41. The van der Waals surface area contributed by atoms with Crippen molar-refractivity contribution in [3.05, 3.63) is 48.4 Å². The quantitative estimate of drug-likeness (QED) is 0.796. The van der Waals surface area contributed by atoms with Crippen molar-refractivity contribution in [2.45, 2.75) is 13.8 Å². The third-order valence-corrected chi connectivity index (χ3v) is 5.19. The Morgan fingerprint density at radius 1 is 1.07 bits per heavy atom. The minimum Gasteiger partial charge on any atom is -0.459 e. The van der Waals surface area contributed by atoms with Gasteiger partial charge in [-0.05, 0) is 62.5 Å². The van der Waals surface area contributed by atoms with Crippen molar-refractivity contribution in [1.29, 1.82) is 0 Å². The van der Waals surface area contributed by atoms with Gasteiger partial charge in [-0.1, -0.05) is 0 Å². The fraction of sp³-hybridized carbons (Fsp3) is 0.400. The van der Waals surface area contributed by atoms with E-state index in [1.807, 2.05) is 0 Å². The monoisotopic (exact) mass is 386 g/mol. The highest BCUT2D eigenvalue weighted by Gasteiger charge is 2.24. The maximum atomic E-state index is 12.3. The van der Waals surface area contributed by atoms with Crippen molar-refractivity contribution in [1.82, 2.24) is 9.80 Å². The standard InChI is InChI=1S/C20H26N4O2S/c1-3-22(4-2)17-9-7-16(8-10-17)21-20(27)24-13-11-23(12-14-24)19(25)18-6-5-15-26-18/h5-10,15H,3-4,11-14H2,1-2H3,(H,21,27). The number of hydrogen-bond acceptors (Lipinski definition) is 4. The lowest BCUT2D eigenvalue weighted by molar-refractivity contribution is 0.0661. The van der Waals surface area contributed by atoms with E-state index in [2.05, 4.69) is 53.2 Å². The number of thiocarbonyl (C=S) groups is 1. The van der Waals surface area contributed by atoms with Gasteiger partial charge in [-0.2, -0.15) is 0 Å². The first-order valence-electron chi connectivity index (χ1n) is 9.36. The summed E-state index contributed by atoms with van der Waals surface area (Å²) in [5, 5.41) is 3.99. The largest absolute Gasteiger partial charge is 0.459 e. The molecular weight excluding hydrogens is 360 g/mol. The van der Waals surface area contributed by atoms with Crippen LogP contribution in [0.15, 0.2) is 47.1 Å². The first kappa shape index (κ1) is 19.2. The molecule has 27 heavy (non-hydrogen) atoms. The average molecular weight is 387 g/mol. The first-order valence-corrected chi connectivity index (χ1v) is 9.77. The molecule has 1 aromatic heterocycles. The predicted octanol–water partition coefficient (Wildman–Crippen LogP) is 3.28. The topological polar surface area (TPSA) is 52.0 Å². The van der Waals surface area contributed by atoms with Crippen molar-refractivity contribution in [3.63, 3.8) is 0 Å². The second-order valence-corrected chi connectivity index (χ2v) is 6.79. The van der Waals surface area contributed by atoms with Crippen LogP contribution in [0.25, 0.3) is 0 Å². The summed E-state index contributed by atoms with van der Waals surface area (Å²) in [4.78, 5) is 18.5. The summed E-state index contributed by atoms with van der Waals surface area (Å²) in [5.74, 6) is 0.322. The molecule has 0 radical (unpaired) electrons. The summed E-state index contributed by atoms with van der Waals surface area (Å²) in [5.41, 5.74) is 2.19. The number of furan rings is 1. The summed E-state index contributed by atoms with van der Waals surface area (Å²) < 4.78 is 5.20. The molecule has 1 fully saturated rings. The third kappa shape index (κ3) is 4.60. The molecule has 0 atom stereocenters. The molecule has 0 aliphatic carbocycles. The van der Waals surface area contributed by atoms with E-state index in [9.17, 15) is 4.79 Å². The first-order chi connectivity index (χ1) is 13.1. The molecule has 1 aliphatic rings. The highest BCUT2D eigenvalue weighted by Crippen LogP contribution is 2.18. The zero-order chi connectivity index (χ0) is 19.2. The second kappa shape index (κ2) is 8.90. The number of hydrogen-bond donors (Lipinski definition) is 1. The number of nitrogens with one attached hydrogen (secondary N) is 1. The Kier molecular flexibility index (Phi) is 6.34. The maximum absolute atomic E-state index is 12.3. The molecule has 2 aromatic rings. The molecule has 3 rings (SSSR count). The Bertz CT molecular complexity index is 749. The summed E-state index contributed by atoms with van der Waals surface area (Å²) in [6.45, 7) is 8.95. The Morgan fingerprint density at radius 2 is 1.70 bits per heavy atom. The van der Waals surface area contributed by atoms with Crippen LogP contribution in [-0.2, 0) is 0 Å². The van der Waals surface area contributed by atoms with Gasteiger partial charge in [0.1, 0.15) is 0 Å². The minimum absolute atomic E-state index is 0.0643. The van der Waals surface area contributed by atoms with E-state index in [0.29, 0.717) is 37.1 Å². The van der Waals surface area contributed by atoms with Gasteiger partial charge in [0.2, 0.25) is 0 Å². The van der Waals surface area contributed by atoms with Crippen LogP contribution < -0.4 is 10.2 Å². The summed E-state index contributed by atoms with van der Waals surface area (Å²) in [7, 11) is 0. The summed E-state index contributed by atoms with van der Waals surface area (Å²) in [6, 6.07) is 11.7. The van der Waals surface area contributed by atoms with Crippen molar-refractivity contribution in [3.8, 4) is 0 Å².